The van der Waals surface area contributed by atoms with Gasteiger partial charge in [-0.3, -0.25) is 4.57 Å². The molecule has 3 aromatic heterocycles. The van der Waals surface area contributed by atoms with Crippen molar-refractivity contribution in [3.8, 4) is 28.7 Å². The summed E-state index contributed by atoms with van der Waals surface area (Å²) in [6.07, 6.45) is 2.06. The fourth-order valence-electron chi connectivity index (χ4n) is 4.48. The first-order valence-electron chi connectivity index (χ1n) is 11.1. The van der Waals surface area contributed by atoms with Crippen LogP contribution in [0.15, 0.2) is 109 Å². The summed E-state index contributed by atoms with van der Waals surface area (Å²) in [6, 6.07) is 35.3. The van der Waals surface area contributed by atoms with Crippen LogP contribution >= 0.6 is 11.3 Å². The van der Waals surface area contributed by atoms with E-state index in [1.165, 1.54) is 25.6 Å². The number of fused-ring (bicyclic) bond motifs is 5. The molecule has 0 unspecified atom stereocenters. The third-order valence-corrected chi connectivity index (χ3v) is 7.34. The van der Waals surface area contributed by atoms with Gasteiger partial charge in [-0.05, 0) is 18.2 Å². The van der Waals surface area contributed by atoms with Crippen molar-refractivity contribution in [3.63, 3.8) is 0 Å². The summed E-state index contributed by atoms with van der Waals surface area (Å²) in [5, 5.41) is 3.80. The largest absolute Gasteiger partial charge is 0.285 e. The van der Waals surface area contributed by atoms with E-state index in [9.17, 15) is 0 Å². The topological polar surface area (TPSA) is 43.6 Å². The van der Waals surface area contributed by atoms with E-state index in [1.807, 2.05) is 72.0 Å². The summed E-state index contributed by atoms with van der Waals surface area (Å²) in [5.74, 6) is 1.94. The van der Waals surface area contributed by atoms with E-state index >= 15 is 0 Å². The molecule has 0 spiro atoms. The van der Waals surface area contributed by atoms with Crippen LogP contribution in [0.2, 0.25) is 0 Å². The van der Waals surface area contributed by atoms with Gasteiger partial charge in [-0.15, -0.1) is 11.3 Å². The van der Waals surface area contributed by atoms with Gasteiger partial charge < -0.3 is 0 Å². The molecule has 0 radical (unpaired) electrons. The minimum Gasteiger partial charge on any atom is -0.285 e. The highest BCUT2D eigenvalue weighted by atomic mass is 32.1. The lowest BCUT2D eigenvalue weighted by atomic mass is 10.1. The van der Waals surface area contributed by atoms with Crippen LogP contribution in [0.5, 0.6) is 0 Å². The molecule has 0 fully saturated rings. The first kappa shape index (κ1) is 19.1. The highest BCUT2D eigenvalue weighted by Gasteiger charge is 2.15. The van der Waals surface area contributed by atoms with Crippen molar-refractivity contribution in [3.05, 3.63) is 109 Å². The summed E-state index contributed by atoms with van der Waals surface area (Å²) in [7, 11) is 0. The van der Waals surface area contributed by atoms with E-state index < -0.39 is 0 Å². The van der Waals surface area contributed by atoms with Gasteiger partial charge in [0.2, 0.25) is 5.95 Å². The highest BCUT2D eigenvalue weighted by molar-refractivity contribution is 7.26. The molecule has 0 saturated carbocycles. The molecule has 160 valence electrons. The zero-order valence-electron chi connectivity index (χ0n) is 18.1. The molecule has 0 amide bonds. The Hall–Kier alpha value is -4.35. The van der Waals surface area contributed by atoms with Crippen molar-refractivity contribution in [2.24, 2.45) is 0 Å². The Kier molecular flexibility index (Phi) is 4.29. The van der Waals surface area contributed by atoms with Crippen LogP contribution in [0.1, 0.15) is 0 Å². The number of hydrogen-bond acceptors (Lipinski definition) is 4. The lowest BCUT2D eigenvalue weighted by molar-refractivity contribution is 0.933. The smallest absolute Gasteiger partial charge is 0.238 e. The fourth-order valence-corrected chi connectivity index (χ4v) is 5.70. The summed E-state index contributed by atoms with van der Waals surface area (Å²) in [4.78, 5) is 14.6. The molecule has 34 heavy (non-hydrogen) atoms. The lowest BCUT2D eigenvalue weighted by Crippen LogP contribution is -2.05. The molecule has 7 rings (SSSR count). The Morgan fingerprint density at radius 3 is 1.88 bits per heavy atom. The molecule has 0 N–H and O–H groups in total. The second-order valence-electron chi connectivity index (χ2n) is 8.17. The zero-order valence-corrected chi connectivity index (χ0v) is 18.9. The van der Waals surface area contributed by atoms with Crippen LogP contribution in [-0.4, -0.2) is 19.5 Å². The van der Waals surface area contributed by atoms with Crippen LogP contribution in [0, 0.1) is 0 Å². The van der Waals surface area contributed by atoms with Crippen molar-refractivity contribution < 1.29 is 0 Å². The molecule has 0 atom stereocenters. The van der Waals surface area contributed by atoms with Crippen LogP contribution in [0.3, 0.4) is 0 Å². The van der Waals surface area contributed by atoms with Gasteiger partial charge in [0, 0.05) is 42.9 Å². The zero-order chi connectivity index (χ0) is 22.5. The third-order valence-electron chi connectivity index (χ3n) is 6.12. The molecule has 0 saturated heterocycles. The molecular formula is C29H18N4S. The maximum absolute atomic E-state index is 4.89. The summed E-state index contributed by atoms with van der Waals surface area (Å²) >= 11 is 1.83. The molecule has 0 aliphatic carbocycles. The predicted molar refractivity (Wildman–Crippen MR) is 140 cm³/mol. The number of benzene rings is 4. The Bertz CT molecular complexity index is 1740. The number of thiophene rings is 1. The van der Waals surface area contributed by atoms with E-state index in [1.54, 1.807) is 0 Å². The van der Waals surface area contributed by atoms with Crippen LogP contribution in [0.25, 0.3) is 59.8 Å². The van der Waals surface area contributed by atoms with Crippen LogP contribution < -0.4 is 0 Å². The Morgan fingerprint density at radius 2 is 1.18 bits per heavy atom. The predicted octanol–water partition coefficient (Wildman–Crippen LogP) is 7.52. The molecule has 7 aromatic rings. The molecule has 0 aliphatic rings. The molecule has 4 aromatic carbocycles. The van der Waals surface area contributed by atoms with Crippen molar-refractivity contribution in [2.75, 3.05) is 0 Å². The van der Waals surface area contributed by atoms with E-state index in [0.717, 1.165) is 16.6 Å². The van der Waals surface area contributed by atoms with E-state index in [4.69, 9.17) is 15.0 Å². The number of aromatic nitrogens is 4. The van der Waals surface area contributed by atoms with Gasteiger partial charge in [-0.2, -0.15) is 9.97 Å². The van der Waals surface area contributed by atoms with Gasteiger partial charge in [0.25, 0.3) is 0 Å². The SMILES string of the molecule is c1ccc(-c2nc(-c3ccccc3)nc(-n3ccc4c5sc6ccccc6c5ccc43)n2)cc1. The van der Waals surface area contributed by atoms with Crippen molar-refractivity contribution >= 4 is 42.4 Å². The van der Waals surface area contributed by atoms with Crippen molar-refractivity contribution in [1.82, 2.24) is 19.5 Å². The van der Waals surface area contributed by atoms with Crippen molar-refractivity contribution in [2.45, 2.75) is 0 Å². The van der Waals surface area contributed by atoms with E-state index in [-0.39, 0.29) is 0 Å². The van der Waals surface area contributed by atoms with Crippen LogP contribution in [-0.2, 0) is 0 Å². The second-order valence-corrected chi connectivity index (χ2v) is 9.23. The van der Waals surface area contributed by atoms with Crippen LogP contribution in [0.4, 0.5) is 0 Å². The first-order valence-corrected chi connectivity index (χ1v) is 12.0. The monoisotopic (exact) mass is 454 g/mol. The number of rotatable bonds is 3. The maximum atomic E-state index is 4.89. The molecule has 0 bridgehead atoms. The van der Waals surface area contributed by atoms with Gasteiger partial charge in [-0.25, -0.2) is 4.98 Å². The molecule has 4 nitrogen and oxygen atoms in total. The average Bonchev–Trinajstić information content (AvgIpc) is 3.51. The number of nitrogens with zero attached hydrogens (tertiary/aromatic N) is 4. The van der Waals surface area contributed by atoms with Gasteiger partial charge in [-0.1, -0.05) is 84.9 Å². The van der Waals surface area contributed by atoms with Gasteiger partial charge in [0.1, 0.15) is 0 Å². The first-order chi connectivity index (χ1) is 16.8. The Labute approximate surface area is 199 Å². The highest BCUT2D eigenvalue weighted by Crippen LogP contribution is 2.39. The van der Waals surface area contributed by atoms with E-state index in [2.05, 4.69) is 53.2 Å². The molecule has 0 aliphatic heterocycles. The Balaban J connectivity index is 1.48. The standard InChI is InChI=1S/C29H18N4S/c1-3-9-19(10-4-1)27-30-28(20-11-5-2-6-12-20)32-29(31-27)33-18-17-23-24(33)16-15-22-21-13-7-8-14-25(21)34-26(22)23/h1-18H. The number of hydrogen-bond donors (Lipinski definition) is 0. The lowest BCUT2D eigenvalue weighted by Gasteiger charge is -2.09. The molecule has 3 heterocycles. The quantitative estimate of drug-likeness (QED) is 0.277. The fraction of sp³-hybridized carbons (Fsp3) is 0. The average molecular weight is 455 g/mol. The second kappa shape index (κ2) is 7.61. The van der Waals surface area contributed by atoms with Gasteiger partial charge in [0.05, 0.1) is 5.52 Å². The van der Waals surface area contributed by atoms with Crippen molar-refractivity contribution in [1.29, 1.82) is 0 Å². The van der Waals surface area contributed by atoms with E-state index in [0.29, 0.717) is 17.6 Å². The van der Waals surface area contributed by atoms with Gasteiger partial charge >= 0.3 is 0 Å². The molecular weight excluding hydrogens is 436 g/mol. The Morgan fingerprint density at radius 1 is 0.529 bits per heavy atom. The third kappa shape index (κ3) is 3.02. The van der Waals surface area contributed by atoms with Gasteiger partial charge in [0.15, 0.2) is 11.6 Å². The summed E-state index contributed by atoms with van der Waals surface area (Å²) < 4.78 is 4.66. The maximum Gasteiger partial charge on any atom is 0.238 e. The minimum absolute atomic E-state index is 0.614. The minimum atomic E-state index is 0.614. The molecule has 5 heteroatoms. The summed E-state index contributed by atoms with van der Waals surface area (Å²) in [5.41, 5.74) is 3.02. The normalized spacial score (nSPS) is 11.5. The summed E-state index contributed by atoms with van der Waals surface area (Å²) in [6.45, 7) is 0.